The molecule has 29 heavy (non-hydrogen) atoms. The first-order valence-corrected chi connectivity index (χ1v) is 10.5. The third kappa shape index (κ3) is 6.11. The first-order chi connectivity index (χ1) is 13.8. The fraction of sp³-hybridized carbons (Fsp3) is 0.0476. The smallest absolute Gasteiger partial charge is 0.166 e. The Hall–Kier alpha value is -1.26. The molecule has 0 amide bonds. The molecule has 0 aliphatic heterocycles. The van der Waals surface area contributed by atoms with E-state index in [2.05, 4.69) is 9.98 Å². The minimum Gasteiger partial charge on any atom is -0.261 e. The second-order valence-corrected chi connectivity index (χ2v) is 8.46. The zero-order valence-electron chi connectivity index (χ0n) is 14.6. The molecule has 0 bridgehead atoms. The van der Waals surface area contributed by atoms with Gasteiger partial charge in [-0.2, -0.15) is 0 Å². The van der Waals surface area contributed by atoms with Crippen molar-refractivity contribution in [2.75, 3.05) is 0 Å². The van der Waals surface area contributed by atoms with Crippen molar-refractivity contribution in [3.05, 3.63) is 101 Å². The number of nitrogens with zero attached hydrogens (tertiary/aromatic N) is 2. The van der Waals surface area contributed by atoms with Crippen molar-refractivity contribution in [3.8, 4) is 0 Å². The van der Waals surface area contributed by atoms with Crippen LogP contribution in [-0.2, 0) is 0 Å². The molecule has 2 nitrogen and oxygen atoms in total. The van der Waals surface area contributed by atoms with Crippen LogP contribution < -0.4 is 0 Å². The molecule has 0 N–H and O–H groups in total. The lowest BCUT2D eigenvalue weighted by atomic mass is 10.1. The van der Waals surface area contributed by atoms with Gasteiger partial charge in [0, 0.05) is 49.2 Å². The molecule has 3 aromatic rings. The molecule has 0 aromatic heterocycles. The van der Waals surface area contributed by atoms with Gasteiger partial charge >= 0.3 is 0 Å². The van der Waals surface area contributed by atoms with Crippen LogP contribution in [0.1, 0.15) is 22.9 Å². The van der Waals surface area contributed by atoms with Gasteiger partial charge in [0.05, 0.1) is 10.0 Å². The molecule has 0 aliphatic rings. The molecular weight excluding hydrogens is 493 g/mol. The zero-order valence-corrected chi connectivity index (χ0v) is 19.1. The highest BCUT2D eigenvalue weighted by Crippen LogP contribution is 2.30. The summed E-state index contributed by atoms with van der Waals surface area (Å²) >= 11 is 36.8. The maximum atomic E-state index is 6.37. The maximum absolute atomic E-state index is 6.37. The number of halogens is 6. The van der Waals surface area contributed by atoms with Crippen molar-refractivity contribution < 1.29 is 0 Å². The molecule has 0 heterocycles. The van der Waals surface area contributed by atoms with E-state index in [0.29, 0.717) is 46.8 Å². The molecule has 0 saturated heterocycles. The summed E-state index contributed by atoms with van der Waals surface area (Å²) in [6.07, 6.45) is 2.60. The first kappa shape index (κ1) is 22.4. The highest BCUT2D eigenvalue weighted by Gasteiger charge is 2.13. The van der Waals surface area contributed by atoms with Crippen LogP contribution in [0.15, 0.2) is 64.6 Å². The van der Waals surface area contributed by atoms with E-state index < -0.39 is 6.17 Å². The predicted octanol–water partition coefficient (Wildman–Crippen LogP) is 8.84. The van der Waals surface area contributed by atoms with Crippen LogP contribution >= 0.6 is 69.6 Å². The third-order valence-electron chi connectivity index (χ3n) is 3.88. The van der Waals surface area contributed by atoms with Crippen molar-refractivity contribution in [2.24, 2.45) is 9.98 Å². The number of hydrogen-bond acceptors (Lipinski definition) is 2. The van der Waals surface area contributed by atoms with E-state index in [1.165, 1.54) is 0 Å². The molecule has 3 aromatic carbocycles. The summed E-state index contributed by atoms with van der Waals surface area (Å²) in [5.41, 5.74) is 2.08. The number of aliphatic imine (C=N–C) groups is 2. The van der Waals surface area contributed by atoms with E-state index in [1.807, 2.05) is 0 Å². The van der Waals surface area contributed by atoms with Gasteiger partial charge in [-0.3, -0.25) is 9.98 Å². The highest BCUT2D eigenvalue weighted by molar-refractivity contribution is 6.37. The van der Waals surface area contributed by atoms with E-state index in [1.54, 1.807) is 67.0 Å². The van der Waals surface area contributed by atoms with Crippen molar-refractivity contribution in [1.82, 2.24) is 0 Å². The molecule has 8 heteroatoms. The molecule has 0 fully saturated rings. The highest BCUT2D eigenvalue weighted by atomic mass is 35.5. The minimum absolute atomic E-state index is 0.446. The monoisotopic (exact) mass is 502 g/mol. The predicted molar refractivity (Wildman–Crippen MR) is 127 cm³/mol. The van der Waals surface area contributed by atoms with Gasteiger partial charge < -0.3 is 0 Å². The molecule has 0 aliphatic carbocycles. The van der Waals surface area contributed by atoms with Crippen molar-refractivity contribution >= 4 is 82.0 Å². The molecule has 0 atom stereocenters. The number of benzene rings is 3. The summed E-state index contributed by atoms with van der Waals surface area (Å²) in [5, 5.41) is 3.01. The fourth-order valence-electron chi connectivity index (χ4n) is 2.42. The average molecular weight is 505 g/mol. The molecule has 0 unspecified atom stereocenters. The maximum Gasteiger partial charge on any atom is 0.166 e. The van der Waals surface area contributed by atoms with Gasteiger partial charge in [-0.15, -0.1) is 0 Å². The Morgan fingerprint density at radius 3 is 1.38 bits per heavy atom. The Morgan fingerprint density at radius 2 is 0.966 bits per heavy atom. The standard InChI is InChI=1S/C21H12Cl6N2/c22-14-3-1-12(18(25)7-14)10-28-21(17-6-5-16(24)9-20(17)27)29-11-13-2-4-15(23)8-19(13)26/h1-11,21H/b28-10+,29-11+. The van der Waals surface area contributed by atoms with Crippen LogP contribution in [0, 0.1) is 0 Å². The summed E-state index contributed by atoms with van der Waals surface area (Å²) in [5.74, 6) is 0. The second-order valence-electron chi connectivity index (χ2n) is 5.93. The molecule has 3 rings (SSSR count). The Kier molecular flexibility index (Phi) is 7.86. The Balaban J connectivity index is 1.99. The summed E-state index contributed by atoms with van der Waals surface area (Å²) in [4.78, 5) is 9.12. The fourth-order valence-corrected chi connectivity index (χ4v) is 3.84. The normalized spacial score (nSPS) is 11.8. The summed E-state index contributed by atoms with van der Waals surface area (Å²) in [6.45, 7) is 0. The summed E-state index contributed by atoms with van der Waals surface area (Å²) in [7, 11) is 0. The van der Waals surface area contributed by atoms with Gasteiger partial charge in [-0.1, -0.05) is 87.8 Å². The second kappa shape index (κ2) is 10.2. The van der Waals surface area contributed by atoms with E-state index >= 15 is 0 Å². The van der Waals surface area contributed by atoms with Gasteiger partial charge in [-0.25, -0.2) is 0 Å². The minimum atomic E-state index is -0.641. The van der Waals surface area contributed by atoms with Crippen LogP contribution in [0.25, 0.3) is 0 Å². The average Bonchev–Trinajstić information content (AvgIpc) is 2.65. The van der Waals surface area contributed by atoms with Gasteiger partial charge in [-0.05, 0) is 36.4 Å². The molecule has 0 saturated carbocycles. The third-order valence-corrected chi connectivity index (χ3v) is 5.56. The summed E-state index contributed by atoms with van der Waals surface area (Å²) < 4.78 is 0. The first-order valence-electron chi connectivity index (χ1n) is 8.25. The lowest BCUT2D eigenvalue weighted by Gasteiger charge is -2.11. The molecule has 0 spiro atoms. The quantitative estimate of drug-likeness (QED) is 0.310. The SMILES string of the molecule is Clc1ccc(/C=N/C(/N=C/c2ccc(Cl)cc2Cl)c2ccc(Cl)cc2Cl)c(Cl)c1. The van der Waals surface area contributed by atoms with Crippen LogP contribution in [0.4, 0.5) is 0 Å². The van der Waals surface area contributed by atoms with Gasteiger partial charge in [0.15, 0.2) is 6.17 Å². The lowest BCUT2D eigenvalue weighted by molar-refractivity contribution is 0.787. The van der Waals surface area contributed by atoms with Crippen molar-refractivity contribution in [1.29, 1.82) is 0 Å². The van der Waals surface area contributed by atoms with E-state index in [9.17, 15) is 0 Å². The molecule has 148 valence electrons. The van der Waals surface area contributed by atoms with E-state index in [0.717, 1.165) is 0 Å². The summed E-state index contributed by atoms with van der Waals surface area (Å²) in [6, 6.07) is 15.4. The lowest BCUT2D eigenvalue weighted by Crippen LogP contribution is -1.97. The van der Waals surface area contributed by atoms with Crippen LogP contribution in [-0.4, -0.2) is 12.4 Å². The molecular formula is C21H12Cl6N2. The van der Waals surface area contributed by atoms with Crippen LogP contribution in [0.3, 0.4) is 0 Å². The van der Waals surface area contributed by atoms with E-state index in [4.69, 9.17) is 69.6 Å². The van der Waals surface area contributed by atoms with Gasteiger partial charge in [0.25, 0.3) is 0 Å². The van der Waals surface area contributed by atoms with E-state index in [-0.39, 0.29) is 0 Å². The van der Waals surface area contributed by atoms with Crippen molar-refractivity contribution in [3.63, 3.8) is 0 Å². The topological polar surface area (TPSA) is 24.7 Å². The number of rotatable bonds is 5. The van der Waals surface area contributed by atoms with Gasteiger partial charge in [0.1, 0.15) is 0 Å². The largest absolute Gasteiger partial charge is 0.261 e. The van der Waals surface area contributed by atoms with Gasteiger partial charge in [0.2, 0.25) is 0 Å². The Bertz CT molecular complexity index is 1030. The Labute approximate surface area is 198 Å². The Morgan fingerprint density at radius 1 is 0.552 bits per heavy atom. The molecule has 0 radical (unpaired) electrons. The zero-order chi connectivity index (χ0) is 21.0. The number of hydrogen-bond donors (Lipinski definition) is 0. The van der Waals surface area contributed by atoms with Crippen LogP contribution in [0.2, 0.25) is 30.1 Å². The van der Waals surface area contributed by atoms with Crippen molar-refractivity contribution in [2.45, 2.75) is 6.17 Å². The van der Waals surface area contributed by atoms with Crippen LogP contribution in [0.5, 0.6) is 0 Å².